The molecule has 1 heterocycles. The Morgan fingerprint density at radius 2 is 2.18 bits per heavy atom. The van der Waals surface area contributed by atoms with Gasteiger partial charge >= 0.3 is 0 Å². The van der Waals surface area contributed by atoms with Crippen LogP contribution in [-0.4, -0.2) is 0 Å². The smallest absolute Gasteiger partial charge is 0.132 e. The fraction of sp³-hybridized carbons (Fsp3) is 0.556. The summed E-state index contributed by atoms with van der Waals surface area (Å²) in [6.45, 7) is 6.57. The number of hydroxylamine groups is 1. The molecule has 0 unspecified atom stereocenters. The molecule has 0 amide bonds. The monoisotopic (exact) mass is 153 g/mol. The largest absolute Gasteiger partial charge is 0.387 e. The van der Waals surface area contributed by atoms with Crippen molar-refractivity contribution >= 4 is 0 Å². The van der Waals surface area contributed by atoms with Crippen molar-refractivity contribution in [2.24, 2.45) is 5.41 Å². The summed E-state index contributed by atoms with van der Waals surface area (Å²) in [6, 6.07) is 0. The summed E-state index contributed by atoms with van der Waals surface area (Å²) in [5.41, 5.74) is 3.00. The zero-order valence-electron chi connectivity index (χ0n) is 7.35. The Balaban J connectivity index is 2.49. The summed E-state index contributed by atoms with van der Waals surface area (Å²) in [5.74, 6) is 1.00. The van der Waals surface area contributed by atoms with Gasteiger partial charge in [0.05, 0.1) is 0 Å². The van der Waals surface area contributed by atoms with Gasteiger partial charge in [0.2, 0.25) is 0 Å². The van der Waals surface area contributed by atoms with E-state index in [4.69, 9.17) is 4.84 Å². The fourth-order valence-corrected chi connectivity index (χ4v) is 0.956. The van der Waals surface area contributed by atoms with Crippen LogP contribution in [0.3, 0.4) is 0 Å². The van der Waals surface area contributed by atoms with E-state index in [1.54, 1.807) is 6.20 Å². The molecule has 0 saturated carbocycles. The van der Waals surface area contributed by atoms with Crippen molar-refractivity contribution in [1.82, 2.24) is 5.48 Å². The molecule has 0 fully saturated rings. The third-order valence-electron chi connectivity index (χ3n) is 1.34. The van der Waals surface area contributed by atoms with E-state index in [9.17, 15) is 0 Å². The normalized spacial score (nSPS) is 16.8. The van der Waals surface area contributed by atoms with Gasteiger partial charge in [-0.3, -0.25) is 0 Å². The number of hydrogen-bond acceptors (Lipinski definition) is 2. The van der Waals surface area contributed by atoms with Crippen LogP contribution in [0.15, 0.2) is 24.1 Å². The van der Waals surface area contributed by atoms with E-state index in [1.807, 2.05) is 12.2 Å². The van der Waals surface area contributed by atoms with Gasteiger partial charge in [-0.15, -0.1) is 0 Å². The first-order chi connectivity index (χ1) is 5.08. The molecule has 1 aliphatic rings. The molecule has 1 N–H and O–H groups in total. The first-order valence-electron chi connectivity index (χ1n) is 3.86. The average Bonchev–Trinajstić information content (AvgIpc) is 1.85. The third kappa shape index (κ3) is 3.12. The van der Waals surface area contributed by atoms with Crippen LogP contribution in [0.5, 0.6) is 0 Å². The molecular weight excluding hydrogens is 138 g/mol. The van der Waals surface area contributed by atoms with Crippen LogP contribution in [-0.2, 0) is 4.84 Å². The standard InChI is InChI=1S/C9H15NO/c1-9(2,3)7-8-5-4-6-10-11-8/h4-6,10H,7H2,1-3H3. The van der Waals surface area contributed by atoms with E-state index in [0.717, 1.165) is 12.2 Å². The molecule has 0 saturated heterocycles. The van der Waals surface area contributed by atoms with Gasteiger partial charge in [-0.05, 0) is 17.6 Å². The molecule has 1 rings (SSSR count). The minimum atomic E-state index is 0.290. The maximum atomic E-state index is 5.18. The van der Waals surface area contributed by atoms with E-state index in [2.05, 4.69) is 26.3 Å². The summed E-state index contributed by atoms with van der Waals surface area (Å²) in [4.78, 5) is 5.18. The summed E-state index contributed by atoms with van der Waals surface area (Å²) in [5, 5.41) is 0. The van der Waals surface area contributed by atoms with Crippen molar-refractivity contribution in [1.29, 1.82) is 0 Å². The molecule has 0 aromatic rings. The molecule has 0 atom stereocenters. The SMILES string of the molecule is CC(C)(C)CC1=CC=CNO1. The number of nitrogens with one attached hydrogen (secondary N) is 1. The summed E-state index contributed by atoms with van der Waals surface area (Å²) in [6.07, 6.45) is 6.67. The van der Waals surface area contributed by atoms with Crippen molar-refractivity contribution in [2.75, 3.05) is 0 Å². The van der Waals surface area contributed by atoms with Crippen molar-refractivity contribution in [3.8, 4) is 0 Å². The van der Waals surface area contributed by atoms with E-state index < -0.39 is 0 Å². The molecule has 11 heavy (non-hydrogen) atoms. The summed E-state index contributed by atoms with van der Waals surface area (Å²) in [7, 11) is 0. The first kappa shape index (κ1) is 8.18. The highest BCUT2D eigenvalue weighted by atomic mass is 16.6. The van der Waals surface area contributed by atoms with Crippen LogP contribution < -0.4 is 5.48 Å². The molecule has 62 valence electrons. The van der Waals surface area contributed by atoms with Crippen LogP contribution >= 0.6 is 0 Å². The highest BCUT2D eigenvalue weighted by Crippen LogP contribution is 2.24. The topological polar surface area (TPSA) is 21.3 Å². The highest BCUT2D eigenvalue weighted by molar-refractivity contribution is 5.10. The average molecular weight is 153 g/mol. The minimum Gasteiger partial charge on any atom is -0.387 e. The van der Waals surface area contributed by atoms with Gasteiger partial charge in [0.15, 0.2) is 0 Å². The Hall–Kier alpha value is -0.920. The first-order valence-corrected chi connectivity index (χ1v) is 3.86. The van der Waals surface area contributed by atoms with Crippen molar-refractivity contribution in [2.45, 2.75) is 27.2 Å². The number of rotatable bonds is 1. The third-order valence-corrected chi connectivity index (χ3v) is 1.34. The maximum absolute atomic E-state index is 5.18. The van der Waals surface area contributed by atoms with E-state index in [1.165, 1.54) is 0 Å². The van der Waals surface area contributed by atoms with Crippen LogP contribution in [0.25, 0.3) is 0 Å². The maximum Gasteiger partial charge on any atom is 0.132 e. The lowest BCUT2D eigenvalue weighted by molar-refractivity contribution is 0.115. The predicted molar refractivity (Wildman–Crippen MR) is 45.5 cm³/mol. The Labute approximate surface area is 67.9 Å². The van der Waals surface area contributed by atoms with Crippen molar-refractivity contribution in [3.63, 3.8) is 0 Å². The molecule has 1 aliphatic heterocycles. The Morgan fingerprint density at radius 1 is 1.45 bits per heavy atom. The molecular formula is C9H15NO. The lowest BCUT2D eigenvalue weighted by atomic mass is 9.91. The summed E-state index contributed by atoms with van der Waals surface area (Å²) >= 11 is 0. The van der Waals surface area contributed by atoms with Gasteiger partial charge in [0.25, 0.3) is 0 Å². The predicted octanol–water partition coefficient (Wildman–Crippen LogP) is 2.36. The molecule has 0 spiro atoms. The van der Waals surface area contributed by atoms with Gasteiger partial charge in [-0.1, -0.05) is 20.8 Å². The van der Waals surface area contributed by atoms with Crippen molar-refractivity contribution in [3.05, 3.63) is 24.1 Å². The molecule has 0 radical (unpaired) electrons. The molecule has 2 heteroatoms. The van der Waals surface area contributed by atoms with E-state index in [-0.39, 0.29) is 0 Å². The Bertz CT molecular complexity index is 186. The number of hydrogen-bond donors (Lipinski definition) is 1. The van der Waals surface area contributed by atoms with Crippen LogP contribution in [0.1, 0.15) is 27.2 Å². The zero-order chi connectivity index (χ0) is 8.32. The molecule has 0 bridgehead atoms. The highest BCUT2D eigenvalue weighted by Gasteiger charge is 2.14. The minimum absolute atomic E-state index is 0.290. The Morgan fingerprint density at radius 3 is 2.64 bits per heavy atom. The molecule has 0 aromatic carbocycles. The van der Waals surface area contributed by atoms with E-state index in [0.29, 0.717) is 5.41 Å². The van der Waals surface area contributed by atoms with Gasteiger partial charge in [0.1, 0.15) is 5.76 Å². The van der Waals surface area contributed by atoms with Gasteiger partial charge in [-0.2, -0.15) is 0 Å². The summed E-state index contributed by atoms with van der Waals surface area (Å²) < 4.78 is 0. The second-order valence-electron chi connectivity index (χ2n) is 3.95. The molecule has 0 aromatic heterocycles. The molecule has 2 nitrogen and oxygen atoms in total. The van der Waals surface area contributed by atoms with Gasteiger partial charge < -0.3 is 4.84 Å². The fourth-order valence-electron chi connectivity index (χ4n) is 0.956. The van der Waals surface area contributed by atoms with Gasteiger partial charge in [0, 0.05) is 12.6 Å². The van der Waals surface area contributed by atoms with Gasteiger partial charge in [-0.25, -0.2) is 5.48 Å². The van der Waals surface area contributed by atoms with Crippen LogP contribution in [0.2, 0.25) is 0 Å². The number of allylic oxidation sites excluding steroid dienone is 3. The second kappa shape index (κ2) is 2.99. The lowest BCUT2D eigenvalue weighted by Crippen LogP contribution is -2.14. The molecule has 0 aliphatic carbocycles. The van der Waals surface area contributed by atoms with Crippen molar-refractivity contribution < 1.29 is 4.84 Å². The Kier molecular flexibility index (Phi) is 2.22. The lowest BCUT2D eigenvalue weighted by Gasteiger charge is -2.20. The van der Waals surface area contributed by atoms with Crippen LogP contribution in [0.4, 0.5) is 0 Å². The van der Waals surface area contributed by atoms with E-state index >= 15 is 0 Å². The zero-order valence-corrected chi connectivity index (χ0v) is 7.35. The van der Waals surface area contributed by atoms with Crippen LogP contribution in [0, 0.1) is 5.41 Å². The quantitative estimate of drug-likeness (QED) is 0.624. The second-order valence-corrected chi connectivity index (χ2v) is 3.95.